The standard InChI is InChI=1S/C12H24N2O/c1-10(11-3-6-15-7-11)14-9-12(8-13)4-2-5-12/h10-11,14H,2-9,13H2,1H3. The maximum absolute atomic E-state index is 5.84. The highest BCUT2D eigenvalue weighted by molar-refractivity contribution is 4.91. The lowest BCUT2D eigenvalue weighted by Gasteiger charge is -2.42. The maximum atomic E-state index is 5.84. The van der Waals surface area contributed by atoms with Gasteiger partial charge >= 0.3 is 0 Å². The van der Waals surface area contributed by atoms with Crippen molar-refractivity contribution in [1.82, 2.24) is 5.32 Å². The van der Waals surface area contributed by atoms with Gasteiger partial charge in [-0.25, -0.2) is 0 Å². The highest BCUT2D eigenvalue weighted by atomic mass is 16.5. The van der Waals surface area contributed by atoms with Crippen molar-refractivity contribution in [3.63, 3.8) is 0 Å². The zero-order valence-electron chi connectivity index (χ0n) is 9.80. The van der Waals surface area contributed by atoms with Crippen LogP contribution in [-0.2, 0) is 4.74 Å². The fraction of sp³-hybridized carbons (Fsp3) is 1.00. The molecule has 0 bridgehead atoms. The normalized spacial score (nSPS) is 31.2. The summed E-state index contributed by atoms with van der Waals surface area (Å²) in [5.74, 6) is 0.708. The van der Waals surface area contributed by atoms with Crippen LogP contribution in [0.2, 0.25) is 0 Å². The lowest BCUT2D eigenvalue weighted by molar-refractivity contribution is 0.127. The van der Waals surface area contributed by atoms with E-state index in [0.717, 1.165) is 26.3 Å². The van der Waals surface area contributed by atoms with Gasteiger partial charge < -0.3 is 15.8 Å². The zero-order valence-corrected chi connectivity index (χ0v) is 9.80. The first-order valence-electron chi connectivity index (χ1n) is 6.27. The van der Waals surface area contributed by atoms with Gasteiger partial charge in [-0.1, -0.05) is 6.42 Å². The van der Waals surface area contributed by atoms with Crippen LogP contribution in [0.15, 0.2) is 0 Å². The molecule has 1 saturated heterocycles. The van der Waals surface area contributed by atoms with Crippen LogP contribution >= 0.6 is 0 Å². The molecule has 0 amide bonds. The van der Waals surface area contributed by atoms with Gasteiger partial charge in [0.05, 0.1) is 6.61 Å². The van der Waals surface area contributed by atoms with Crippen LogP contribution in [-0.4, -0.2) is 32.3 Å². The van der Waals surface area contributed by atoms with E-state index in [9.17, 15) is 0 Å². The molecule has 0 aromatic rings. The summed E-state index contributed by atoms with van der Waals surface area (Å²) in [7, 11) is 0. The average Bonchev–Trinajstić information content (AvgIpc) is 2.69. The fourth-order valence-electron chi connectivity index (χ4n) is 2.62. The lowest BCUT2D eigenvalue weighted by Crippen LogP contribution is -2.48. The molecule has 0 aromatic carbocycles. The summed E-state index contributed by atoms with van der Waals surface area (Å²) in [5, 5.41) is 3.66. The molecule has 0 aromatic heterocycles. The van der Waals surface area contributed by atoms with Gasteiger partial charge in [0.2, 0.25) is 0 Å². The van der Waals surface area contributed by atoms with Crippen molar-refractivity contribution >= 4 is 0 Å². The van der Waals surface area contributed by atoms with E-state index in [1.807, 2.05) is 0 Å². The molecule has 0 spiro atoms. The summed E-state index contributed by atoms with van der Waals surface area (Å²) >= 11 is 0. The molecular formula is C12H24N2O. The molecule has 0 radical (unpaired) electrons. The first-order valence-corrected chi connectivity index (χ1v) is 6.27. The Bertz CT molecular complexity index is 192. The van der Waals surface area contributed by atoms with Crippen LogP contribution in [0.5, 0.6) is 0 Å². The maximum Gasteiger partial charge on any atom is 0.0509 e. The summed E-state index contributed by atoms with van der Waals surface area (Å²) in [5.41, 5.74) is 6.27. The van der Waals surface area contributed by atoms with E-state index in [1.54, 1.807) is 0 Å². The van der Waals surface area contributed by atoms with E-state index in [0.29, 0.717) is 17.4 Å². The monoisotopic (exact) mass is 212 g/mol. The smallest absolute Gasteiger partial charge is 0.0509 e. The molecule has 1 aliphatic carbocycles. The quantitative estimate of drug-likeness (QED) is 0.718. The largest absolute Gasteiger partial charge is 0.381 e. The van der Waals surface area contributed by atoms with Crippen LogP contribution in [0, 0.1) is 11.3 Å². The molecular weight excluding hydrogens is 188 g/mol. The molecule has 2 atom stereocenters. The molecule has 3 heteroatoms. The van der Waals surface area contributed by atoms with Crippen molar-refractivity contribution in [3.05, 3.63) is 0 Å². The minimum atomic E-state index is 0.424. The van der Waals surface area contributed by atoms with E-state index in [-0.39, 0.29) is 0 Å². The van der Waals surface area contributed by atoms with E-state index in [1.165, 1.54) is 25.7 Å². The Kier molecular flexibility index (Phi) is 3.65. The minimum Gasteiger partial charge on any atom is -0.381 e. The van der Waals surface area contributed by atoms with Crippen LogP contribution < -0.4 is 11.1 Å². The van der Waals surface area contributed by atoms with Gasteiger partial charge in [0.1, 0.15) is 0 Å². The summed E-state index contributed by atoms with van der Waals surface area (Å²) < 4.78 is 5.41. The molecule has 1 heterocycles. The van der Waals surface area contributed by atoms with Crippen LogP contribution in [0.3, 0.4) is 0 Å². The van der Waals surface area contributed by atoms with Crippen LogP contribution in [0.1, 0.15) is 32.6 Å². The molecule has 15 heavy (non-hydrogen) atoms. The molecule has 88 valence electrons. The van der Waals surface area contributed by atoms with E-state index in [2.05, 4.69) is 12.2 Å². The molecule has 2 rings (SSSR count). The van der Waals surface area contributed by atoms with E-state index >= 15 is 0 Å². The van der Waals surface area contributed by atoms with Gasteiger partial charge in [-0.05, 0) is 44.1 Å². The highest BCUT2D eigenvalue weighted by Crippen LogP contribution is 2.39. The van der Waals surface area contributed by atoms with Gasteiger partial charge in [-0.15, -0.1) is 0 Å². The van der Waals surface area contributed by atoms with Crippen molar-refractivity contribution in [2.45, 2.75) is 38.6 Å². The first-order chi connectivity index (χ1) is 7.26. The summed E-state index contributed by atoms with van der Waals surface area (Å²) in [6, 6.07) is 0.580. The molecule has 1 saturated carbocycles. The fourth-order valence-corrected chi connectivity index (χ4v) is 2.62. The second-order valence-electron chi connectivity index (χ2n) is 5.35. The number of nitrogens with one attached hydrogen (secondary N) is 1. The predicted octanol–water partition coefficient (Wildman–Crippen LogP) is 1.13. The molecule has 1 aliphatic heterocycles. The van der Waals surface area contributed by atoms with Crippen LogP contribution in [0.4, 0.5) is 0 Å². The summed E-state index contributed by atoms with van der Waals surface area (Å²) in [4.78, 5) is 0. The van der Waals surface area contributed by atoms with Crippen molar-refractivity contribution < 1.29 is 4.74 Å². The molecule has 2 aliphatic rings. The Hall–Kier alpha value is -0.120. The second-order valence-corrected chi connectivity index (χ2v) is 5.35. The van der Waals surface area contributed by atoms with Crippen molar-refractivity contribution in [1.29, 1.82) is 0 Å². The third kappa shape index (κ3) is 2.52. The van der Waals surface area contributed by atoms with Gasteiger partial charge in [-0.3, -0.25) is 0 Å². The number of hydrogen-bond donors (Lipinski definition) is 2. The third-order valence-electron chi connectivity index (χ3n) is 4.32. The number of hydrogen-bond acceptors (Lipinski definition) is 3. The third-order valence-corrected chi connectivity index (χ3v) is 4.32. The first kappa shape index (κ1) is 11.4. The Labute approximate surface area is 92.7 Å². The van der Waals surface area contributed by atoms with Crippen molar-refractivity contribution in [2.24, 2.45) is 17.1 Å². The van der Waals surface area contributed by atoms with Gasteiger partial charge in [0, 0.05) is 19.2 Å². The zero-order chi connectivity index (χ0) is 10.7. The molecule has 2 unspecified atom stereocenters. The van der Waals surface area contributed by atoms with Gasteiger partial charge in [0.15, 0.2) is 0 Å². The average molecular weight is 212 g/mol. The van der Waals surface area contributed by atoms with E-state index < -0.39 is 0 Å². The Morgan fingerprint density at radius 1 is 1.53 bits per heavy atom. The lowest BCUT2D eigenvalue weighted by atomic mass is 9.68. The van der Waals surface area contributed by atoms with Crippen molar-refractivity contribution in [2.75, 3.05) is 26.3 Å². The Morgan fingerprint density at radius 2 is 2.33 bits per heavy atom. The number of ether oxygens (including phenoxy) is 1. The minimum absolute atomic E-state index is 0.424. The Balaban J connectivity index is 1.72. The number of rotatable bonds is 5. The molecule has 2 fully saturated rings. The molecule has 3 nitrogen and oxygen atoms in total. The predicted molar refractivity (Wildman–Crippen MR) is 61.7 cm³/mol. The summed E-state index contributed by atoms with van der Waals surface area (Å²) in [6.07, 6.45) is 5.19. The number of nitrogens with two attached hydrogens (primary N) is 1. The SMILES string of the molecule is CC(NCC1(CN)CCC1)C1CCOC1. The van der Waals surface area contributed by atoms with Gasteiger partial charge in [0.25, 0.3) is 0 Å². The van der Waals surface area contributed by atoms with Crippen molar-refractivity contribution in [3.8, 4) is 0 Å². The molecule has 3 N–H and O–H groups in total. The van der Waals surface area contributed by atoms with Gasteiger partial charge in [-0.2, -0.15) is 0 Å². The highest BCUT2D eigenvalue weighted by Gasteiger charge is 2.36. The summed E-state index contributed by atoms with van der Waals surface area (Å²) in [6.45, 7) is 6.10. The second kappa shape index (κ2) is 4.81. The topological polar surface area (TPSA) is 47.3 Å². The van der Waals surface area contributed by atoms with Crippen LogP contribution in [0.25, 0.3) is 0 Å². The Morgan fingerprint density at radius 3 is 2.80 bits per heavy atom. The van der Waals surface area contributed by atoms with E-state index in [4.69, 9.17) is 10.5 Å².